The Hall–Kier alpha value is -1.75. The van der Waals surface area contributed by atoms with Crippen molar-refractivity contribution in [2.24, 2.45) is 5.92 Å². The quantitative estimate of drug-likeness (QED) is 0.803. The molecule has 19 heavy (non-hydrogen) atoms. The SMILES string of the molecule is CN1CCC(CN(C)c2cc(C(=O)O)ccc2N)C1. The zero-order valence-electron chi connectivity index (χ0n) is 11.5. The van der Waals surface area contributed by atoms with Gasteiger partial charge in [0.15, 0.2) is 0 Å². The summed E-state index contributed by atoms with van der Waals surface area (Å²) in [5.74, 6) is -0.307. The van der Waals surface area contributed by atoms with Crippen LogP contribution in [0.15, 0.2) is 18.2 Å². The van der Waals surface area contributed by atoms with Crippen LogP contribution in [0, 0.1) is 5.92 Å². The van der Waals surface area contributed by atoms with Crippen LogP contribution in [-0.2, 0) is 0 Å². The van der Waals surface area contributed by atoms with Gasteiger partial charge in [0.25, 0.3) is 0 Å². The normalized spacial score (nSPS) is 19.6. The molecule has 0 radical (unpaired) electrons. The van der Waals surface area contributed by atoms with E-state index in [1.807, 2.05) is 7.05 Å². The van der Waals surface area contributed by atoms with Crippen molar-refractivity contribution in [3.8, 4) is 0 Å². The number of anilines is 2. The van der Waals surface area contributed by atoms with Crippen molar-refractivity contribution < 1.29 is 9.90 Å². The summed E-state index contributed by atoms with van der Waals surface area (Å²) >= 11 is 0. The van der Waals surface area contributed by atoms with Crippen molar-refractivity contribution in [3.63, 3.8) is 0 Å². The van der Waals surface area contributed by atoms with Crippen LogP contribution >= 0.6 is 0 Å². The molecule has 1 unspecified atom stereocenters. The van der Waals surface area contributed by atoms with E-state index in [1.165, 1.54) is 6.42 Å². The van der Waals surface area contributed by atoms with Crippen LogP contribution in [0.1, 0.15) is 16.8 Å². The zero-order chi connectivity index (χ0) is 14.0. The van der Waals surface area contributed by atoms with Crippen LogP contribution in [0.3, 0.4) is 0 Å². The summed E-state index contributed by atoms with van der Waals surface area (Å²) in [5.41, 5.74) is 7.65. The summed E-state index contributed by atoms with van der Waals surface area (Å²) in [4.78, 5) is 15.4. The minimum absolute atomic E-state index is 0.277. The average molecular weight is 263 g/mol. The zero-order valence-corrected chi connectivity index (χ0v) is 11.5. The molecule has 1 aromatic rings. The van der Waals surface area contributed by atoms with E-state index in [4.69, 9.17) is 10.8 Å². The van der Waals surface area contributed by atoms with Gasteiger partial charge in [0.1, 0.15) is 0 Å². The van der Waals surface area contributed by atoms with Gasteiger partial charge < -0.3 is 20.6 Å². The van der Waals surface area contributed by atoms with Gasteiger partial charge in [-0.1, -0.05) is 0 Å². The van der Waals surface area contributed by atoms with E-state index >= 15 is 0 Å². The van der Waals surface area contributed by atoms with Gasteiger partial charge in [-0.05, 0) is 44.1 Å². The molecule has 0 aromatic heterocycles. The molecule has 0 spiro atoms. The summed E-state index contributed by atoms with van der Waals surface area (Å²) in [7, 11) is 4.09. The van der Waals surface area contributed by atoms with Gasteiger partial charge in [0, 0.05) is 20.1 Å². The lowest BCUT2D eigenvalue weighted by Gasteiger charge is -2.24. The van der Waals surface area contributed by atoms with Crippen molar-refractivity contribution in [1.29, 1.82) is 0 Å². The Morgan fingerprint density at radius 3 is 2.89 bits per heavy atom. The van der Waals surface area contributed by atoms with Gasteiger partial charge in [-0.15, -0.1) is 0 Å². The number of carbonyl (C=O) groups is 1. The van der Waals surface area contributed by atoms with Gasteiger partial charge in [0.2, 0.25) is 0 Å². The van der Waals surface area contributed by atoms with Crippen molar-refractivity contribution in [2.45, 2.75) is 6.42 Å². The van der Waals surface area contributed by atoms with Crippen LogP contribution in [0.4, 0.5) is 11.4 Å². The van der Waals surface area contributed by atoms with Crippen molar-refractivity contribution in [1.82, 2.24) is 4.90 Å². The number of hydrogen-bond donors (Lipinski definition) is 2. The summed E-state index contributed by atoms with van der Waals surface area (Å²) in [5, 5.41) is 9.03. The molecule has 1 fully saturated rings. The molecule has 3 N–H and O–H groups in total. The van der Waals surface area contributed by atoms with E-state index < -0.39 is 5.97 Å². The monoisotopic (exact) mass is 263 g/mol. The topological polar surface area (TPSA) is 69.8 Å². The second-order valence-corrected chi connectivity index (χ2v) is 5.38. The first-order valence-corrected chi connectivity index (χ1v) is 6.50. The van der Waals surface area contributed by atoms with Crippen LogP contribution in [-0.4, -0.2) is 49.7 Å². The van der Waals surface area contributed by atoms with Gasteiger partial charge in [-0.2, -0.15) is 0 Å². The molecule has 1 aliphatic rings. The van der Waals surface area contributed by atoms with Gasteiger partial charge >= 0.3 is 5.97 Å². The number of aromatic carboxylic acids is 1. The Labute approximate surface area is 113 Å². The highest BCUT2D eigenvalue weighted by molar-refractivity contribution is 5.90. The number of carboxylic acids is 1. The number of benzene rings is 1. The second-order valence-electron chi connectivity index (χ2n) is 5.38. The molecule has 104 valence electrons. The van der Waals surface area contributed by atoms with Crippen LogP contribution in [0.25, 0.3) is 0 Å². The number of likely N-dealkylation sites (tertiary alicyclic amines) is 1. The number of nitrogens with two attached hydrogens (primary N) is 1. The highest BCUT2D eigenvalue weighted by atomic mass is 16.4. The Kier molecular flexibility index (Phi) is 3.95. The van der Waals surface area contributed by atoms with Gasteiger partial charge in [0.05, 0.1) is 16.9 Å². The third kappa shape index (κ3) is 3.17. The Balaban J connectivity index is 2.11. The third-order valence-corrected chi connectivity index (χ3v) is 3.71. The molecule has 1 saturated heterocycles. The molecule has 0 aliphatic carbocycles. The molecule has 1 heterocycles. The van der Waals surface area contributed by atoms with Gasteiger partial charge in [-0.25, -0.2) is 4.79 Å². The maximum absolute atomic E-state index is 11.0. The molecule has 0 amide bonds. The first-order valence-electron chi connectivity index (χ1n) is 6.50. The van der Waals surface area contributed by atoms with E-state index in [1.54, 1.807) is 18.2 Å². The number of hydrogen-bond acceptors (Lipinski definition) is 4. The maximum atomic E-state index is 11.0. The largest absolute Gasteiger partial charge is 0.478 e. The summed E-state index contributed by atoms with van der Waals surface area (Å²) in [6.45, 7) is 3.11. The first-order chi connectivity index (χ1) is 8.97. The lowest BCUT2D eigenvalue weighted by Crippen LogP contribution is -2.28. The lowest BCUT2D eigenvalue weighted by molar-refractivity contribution is 0.0697. The fourth-order valence-electron chi connectivity index (χ4n) is 2.67. The Morgan fingerprint density at radius 1 is 1.58 bits per heavy atom. The summed E-state index contributed by atoms with van der Waals surface area (Å²) < 4.78 is 0. The van der Waals surface area contributed by atoms with Crippen molar-refractivity contribution in [2.75, 3.05) is 44.4 Å². The van der Waals surface area contributed by atoms with Crippen molar-refractivity contribution in [3.05, 3.63) is 23.8 Å². The van der Waals surface area contributed by atoms with Crippen LogP contribution in [0.2, 0.25) is 0 Å². The summed E-state index contributed by atoms with van der Waals surface area (Å²) in [6, 6.07) is 4.85. The number of rotatable bonds is 4. The number of nitrogens with zero attached hydrogens (tertiary/aromatic N) is 2. The minimum atomic E-state index is -0.921. The second kappa shape index (κ2) is 5.48. The first kappa shape index (κ1) is 13.7. The lowest BCUT2D eigenvalue weighted by atomic mass is 10.1. The highest BCUT2D eigenvalue weighted by Gasteiger charge is 2.21. The van der Waals surface area contributed by atoms with Crippen molar-refractivity contribution >= 4 is 17.3 Å². The van der Waals surface area contributed by atoms with E-state index in [0.717, 1.165) is 25.3 Å². The number of carboxylic acid groups (broad SMARTS) is 1. The van der Waals surface area contributed by atoms with E-state index in [-0.39, 0.29) is 5.56 Å². The molecule has 0 bridgehead atoms. The van der Waals surface area contributed by atoms with E-state index in [2.05, 4.69) is 16.8 Å². The van der Waals surface area contributed by atoms with Crippen LogP contribution in [0.5, 0.6) is 0 Å². The molecule has 0 saturated carbocycles. The summed E-state index contributed by atoms with van der Waals surface area (Å²) in [6.07, 6.45) is 1.18. The van der Waals surface area contributed by atoms with Crippen LogP contribution < -0.4 is 10.6 Å². The predicted molar refractivity (Wildman–Crippen MR) is 76.7 cm³/mol. The van der Waals surface area contributed by atoms with Gasteiger partial charge in [-0.3, -0.25) is 0 Å². The molecule has 2 rings (SSSR count). The smallest absolute Gasteiger partial charge is 0.335 e. The molecular formula is C14H21N3O2. The Morgan fingerprint density at radius 2 is 2.32 bits per heavy atom. The fourth-order valence-corrected chi connectivity index (χ4v) is 2.67. The molecule has 5 nitrogen and oxygen atoms in total. The van der Waals surface area contributed by atoms with E-state index in [9.17, 15) is 4.79 Å². The average Bonchev–Trinajstić information content (AvgIpc) is 2.74. The molecule has 1 atom stereocenters. The third-order valence-electron chi connectivity index (χ3n) is 3.71. The standard InChI is InChI=1S/C14H21N3O2/c1-16-6-5-10(8-16)9-17(2)13-7-11(14(18)19)3-4-12(13)15/h3-4,7,10H,5-6,8-9,15H2,1-2H3,(H,18,19). The fraction of sp³-hybridized carbons (Fsp3) is 0.500. The maximum Gasteiger partial charge on any atom is 0.335 e. The highest BCUT2D eigenvalue weighted by Crippen LogP contribution is 2.26. The number of nitrogen functional groups attached to an aromatic ring is 1. The molecule has 1 aromatic carbocycles. The molecule has 1 aliphatic heterocycles. The molecular weight excluding hydrogens is 242 g/mol. The van der Waals surface area contributed by atoms with E-state index in [0.29, 0.717) is 11.6 Å². The predicted octanol–water partition coefficient (Wildman–Crippen LogP) is 1.35. The minimum Gasteiger partial charge on any atom is -0.478 e. The molecule has 5 heteroatoms. The Bertz CT molecular complexity index is 476.